The molecule has 4 fully saturated rings. The number of nitrogens with one attached hydrogen (secondary N) is 2. The van der Waals surface area contributed by atoms with Crippen LogP contribution in [-0.4, -0.2) is 16.4 Å². The molecule has 2 heterocycles. The molecular weight excluding hydrogens is 329 g/mol. The molecule has 0 radical (unpaired) electrons. The predicted octanol–water partition coefficient (Wildman–Crippen LogP) is 3.24. The van der Waals surface area contributed by atoms with Gasteiger partial charge in [-0.25, -0.2) is 9.37 Å². The lowest BCUT2D eigenvalue weighted by Gasteiger charge is -2.56. The molecule has 6 heteroatoms. The van der Waals surface area contributed by atoms with Crippen LogP contribution in [0.5, 0.6) is 0 Å². The number of nitrogens with zero attached hydrogens (tertiary/aromatic N) is 1. The van der Waals surface area contributed by atoms with Gasteiger partial charge in [0.15, 0.2) is 5.82 Å². The van der Waals surface area contributed by atoms with E-state index in [0.717, 1.165) is 37.0 Å². The number of carbonyl (C=O) groups is 1. The standard InChI is InChI=1S/C18H19ClFN3O/c19-15-14-13(20)2-1-3-23(14)16(21-15)17(24)22-18-7-10-4-11(8-18)6-12(5-10)9-18/h1-3,10-12H,4-9H2,(H,22,24)/p+1. The molecule has 0 aliphatic heterocycles. The average Bonchev–Trinajstić information content (AvgIpc) is 2.84. The summed E-state index contributed by atoms with van der Waals surface area (Å²) in [5, 5.41) is 3.45. The van der Waals surface area contributed by atoms with Gasteiger partial charge in [0.2, 0.25) is 10.7 Å². The maximum absolute atomic E-state index is 14.0. The van der Waals surface area contributed by atoms with Crippen LogP contribution < -0.4 is 9.72 Å². The topological polar surface area (TPSA) is 49.0 Å². The van der Waals surface area contributed by atoms with Crippen molar-refractivity contribution in [3.05, 3.63) is 35.1 Å². The average molecular weight is 349 g/mol. The van der Waals surface area contributed by atoms with Crippen molar-refractivity contribution < 1.29 is 13.6 Å². The molecule has 0 unspecified atom stereocenters. The Morgan fingerprint density at radius 2 is 1.88 bits per heavy atom. The van der Waals surface area contributed by atoms with Crippen LogP contribution in [0.3, 0.4) is 0 Å². The van der Waals surface area contributed by atoms with Crippen LogP contribution in [0.2, 0.25) is 5.15 Å². The molecule has 2 N–H and O–H groups in total. The molecule has 4 bridgehead atoms. The van der Waals surface area contributed by atoms with E-state index in [-0.39, 0.29) is 22.1 Å². The number of carbonyl (C=O) groups excluding carboxylic acids is 1. The number of pyridine rings is 1. The molecule has 4 aliphatic rings. The molecule has 0 saturated heterocycles. The molecule has 6 rings (SSSR count). The smallest absolute Gasteiger partial charge is 0.340 e. The van der Waals surface area contributed by atoms with Crippen LogP contribution in [0.1, 0.15) is 49.1 Å². The Balaban J connectivity index is 1.49. The first-order valence-corrected chi connectivity index (χ1v) is 9.11. The lowest BCUT2D eigenvalue weighted by atomic mass is 9.53. The third-order valence-corrected chi connectivity index (χ3v) is 6.53. The molecule has 4 saturated carbocycles. The van der Waals surface area contributed by atoms with Crippen molar-refractivity contribution in [2.24, 2.45) is 17.8 Å². The second-order valence-electron chi connectivity index (χ2n) is 8.01. The van der Waals surface area contributed by atoms with Gasteiger partial charge in [-0.05, 0) is 80.0 Å². The van der Waals surface area contributed by atoms with Crippen molar-refractivity contribution in [1.29, 1.82) is 0 Å². The van der Waals surface area contributed by atoms with E-state index in [4.69, 9.17) is 11.6 Å². The van der Waals surface area contributed by atoms with E-state index >= 15 is 0 Å². The van der Waals surface area contributed by atoms with Crippen LogP contribution in [0, 0.1) is 23.6 Å². The molecule has 126 valence electrons. The highest BCUT2D eigenvalue weighted by Gasteiger charge is 2.52. The van der Waals surface area contributed by atoms with Gasteiger partial charge in [-0.1, -0.05) is 0 Å². The summed E-state index contributed by atoms with van der Waals surface area (Å²) in [5.74, 6) is 1.93. The third kappa shape index (κ3) is 2.10. The minimum absolute atomic E-state index is 0.0797. The Morgan fingerprint density at radius 1 is 1.25 bits per heavy atom. The summed E-state index contributed by atoms with van der Waals surface area (Å²) in [7, 11) is 0. The third-order valence-electron chi connectivity index (χ3n) is 6.25. The minimum Gasteiger partial charge on any atom is -0.340 e. The van der Waals surface area contributed by atoms with Crippen molar-refractivity contribution in [1.82, 2.24) is 10.3 Å². The molecule has 0 spiro atoms. The minimum atomic E-state index is -0.437. The number of hydrogen-bond acceptors (Lipinski definition) is 1. The van der Waals surface area contributed by atoms with Crippen LogP contribution in [-0.2, 0) is 0 Å². The van der Waals surface area contributed by atoms with Crippen molar-refractivity contribution in [3.63, 3.8) is 0 Å². The van der Waals surface area contributed by atoms with Crippen LogP contribution >= 0.6 is 11.6 Å². The fourth-order valence-corrected chi connectivity index (χ4v) is 6.10. The van der Waals surface area contributed by atoms with Gasteiger partial charge < -0.3 is 5.32 Å². The summed E-state index contributed by atoms with van der Waals surface area (Å²) in [6, 6.07) is 2.92. The zero-order valence-corrected chi connectivity index (χ0v) is 14.1. The van der Waals surface area contributed by atoms with Crippen molar-refractivity contribution in [2.45, 2.75) is 44.1 Å². The van der Waals surface area contributed by atoms with Gasteiger partial charge in [0.1, 0.15) is 0 Å². The summed E-state index contributed by atoms with van der Waals surface area (Å²) in [5.41, 5.74) is 0.138. The van der Waals surface area contributed by atoms with E-state index in [0.29, 0.717) is 5.82 Å². The van der Waals surface area contributed by atoms with Crippen molar-refractivity contribution in [3.8, 4) is 0 Å². The summed E-state index contributed by atoms with van der Waals surface area (Å²) in [6.07, 6.45) is 8.88. The Hall–Kier alpha value is -1.62. The number of H-pyrrole nitrogens is 1. The van der Waals surface area contributed by atoms with Crippen LogP contribution in [0.4, 0.5) is 4.39 Å². The summed E-state index contributed by atoms with van der Waals surface area (Å²) in [6.45, 7) is 0. The Kier molecular flexibility index (Phi) is 3.03. The predicted molar refractivity (Wildman–Crippen MR) is 87.3 cm³/mol. The first-order valence-electron chi connectivity index (χ1n) is 8.73. The Labute approximate surface area is 144 Å². The van der Waals surface area contributed by atoms with Gasteiger partial charge in [0.05, 0.1) is 6.20 Å². The number of rotatable bonds is 2. The number of aromatic nitrogens is 2. The molecule has 4 nitrogen and oxygen atoms in total. The highest BCUT2D eigenvalue weighted by molar-refractivity contribution is 6.32. The fraction of sp³-hybridized carbons (Fsp3) is 0.556. The maximum Gasteiger partial charge on any atom is 0.352 e. The van der Waals surface area contributed by atoms with E-state index in [1.165, 1.54) is 29.7 Å². The van der Waals surface area contributed by atoms with Crippen LogP contribution in [0.25, 0.3) is 5.52 Å². The summed E-state index contributed by atoms with van der Waals surface area (Å²) in [4.78, 5) is 15.8. The van der Waals surface area contributed by atoms with E-state index in [9.17, 15) is 9.18 Å². The van der Waals surface area contributed by atoms with Gasteiger partial charge >= 0.3 is 11.7 Å². The number of aromatic amines is 1. The molecule has 1 amide bonds. The van der Waals surface area contributed by atoms with E-state index < -0.39 is 5.82 Å². The van der Waals surface area contributed by atoms with Crippen molar-refractivity contribution >= 4 is 23.0 Å². The molecule has 0 aromatic carbocycles. The lowest BCUT2D eigenvalue weighted by molar-refractivity contribution is -0.515. The number of fused-ring (bicyclic) bond motifs is 1. The second-order valence-corrected chi connectivity index (χ2v) is 8.39. The summed E-state index contributed by atoms with van der Waals surface area (Å²) < 4.78 is 15.5. The fourth-order valence-electron chi connectivity index (χ4n) is 5.83. The first kappa shape index (κ1) is 14.7. The van der Waals surface area contributed by atoms with Gasteiger partial charge in [-0.2, -0.15) is 4.40 Å². The molecule has 24 heavy (non-hydrogen) atoms. The number of amides is 1. The molecule has 0 atom stereocenters. The summed E-state index contributed by atoms with van der Waals surface area (Å²) >= 11 is 6.11. The Bertz CT molecular complexity index is 811. The zero-order chi connectivity index (χ0) is 16.5. The van der Waals surface area contributed by atoms with Gasteiger partial charge in [0.25, 0.3) is 0 Å². The molecular formula is C18H20ClFN3O+. The number of hydrogen-bond donors (Lipinski definition) is 2. The number of halogens is 2. The first-order chi connectivity index (χ1) is 11.5. The van der Waals surface area contributed by atoms with Gasteiger partial charge in [0, 0.05) is 5.54 Å². The lowest BCUT2D eigenvalue weighted by Crippen LogP contribution is -2.60. The zero-order valence-electron chi connectivity index (χ0n) is 13.3. The highest BCUT2D eigenvalue weighted by atomic mass is 35.5. The van der Waals surface area contributed by atoms with Gasteiger partial charge in [-0.15, -0.1) is 0 Å². The highest BCUT2D eigenvalue weighted by Crippen LogP contribution is 2.55. The SMILES string of the molecule is O=C(NC12CC3CC(CC(C3)C1)C2)c1[nH]c(Cl)c2c(F)ccc[n+]12. The van der Waals surface area contributed by atoms with E-state index in [1.807, 2.05) is 0 Å². The van der Waals surface area contributed by atoms with E-state index in [2.05, 4.69) is 10.3 Å². The molecule has 4 aliphatic carbocycles. The normalized spacial score (nSPS) is 34.0. The monoisotopic (exact) mass is 348 g/mol. The van der Waals surface area contributed by atoms with E-state index in [1.54, 1.807) is 12.3 Å². The number of imidazole rings is 1. The largest absolute Gasteiger partial charge is 0.352 e. The molecule has 2 aromatic heterocycles. The van der Waals surface area contributed by atoms with Crippen molar-refractivity contribution in [2.75, 3.05) is 0 Å². The maximum atomic E-state index is 14.0. The van der Waals surface area contributed by atoms with Gasteiger partial charge in [-0.3, -0.25) is 4.79 Å². The quantitative estimate of drug-likeness (QED) is 0.804. The second kappa shape index (κ2) is 4.94. The molecule has 2 aromatic rings. The van der Waals surface area contributed by atoms with Crippen LogP contribution in [0.15, 0.2) is 18.3 Å². The Morgan fingerprint density at radius 3 is 2.50 bits per heavy atom.